The van der Waals surface area contributed by atoms with Gasteiger partial charge in [0.2, 0.25) is 0 Å². The van der Waals surface area contributed by atoms with Gasteiger partial charge >= 0.3 is 11.9 Å². The van der Waals surface area contributed by atoms with Crippen LogP contribution in [-0.4, -0.2) is 21.5 Å². The molecule has 5 nitrogen and oxygen atoms in total. The molecule has 2 aromatic rings. The third-order valence-electron chi connectivity index (χ3n) is 3.53. The number of benzene rings is 1. The molecule has 1 fully saturated rings. The van der Waals surface area contributed by atoms with E-state index in [4.69, 9.17) is 23.2 Å². The molecule has 3 rings (SSSR count). The first-order valence-corrected chi connectivity index (χ1v) is 7.46. The normalized spacial score (nSPS) is 15.0. The van der Waals surface area contributed by atoms with E-state index in [0.717, 1.165) is 29.7 Å². The fourth-order valence-electron chi connectivity index (χ4n) is 2.28. The highest BCUT2D eigenvalue weighted by atomic mass is 35.5. The molecule has 0 atom stereocenters. The third-order valence-corrected chi connectivity index (χ3v) is 4.10. The van der Waals surface area contributed by atoms with Crippen LogP contribution in [-0.2, 0) is 6.18 Å². The average molecular weight is 367 g/mol. The molecule has 0 saturated heterocycles. The minimum Gasteiger partial charge on any atom is -0.323 e. The number of nitrogens with zero attached hydrogens (tertiary/aromatic N) is 3. The molecular weight excluding hydrogens is 356 g/mol. The van der Waals surface area contributed by atoms with Crippen LogP contribution >= 0.6 is 23.2 Å². The van der Waals surface area contributed by atoms with Gasteiger partial charge in [-0.05, 0) is 25.0 Å². The molecule has 0 spiro atoms. The van der Waals surface area contributed by atoms with Gasteiger partial charge in [-0.3, -0.25) is 0 Å². The molecule has 1 aliphatic rings. The summed E-state index contributed by atoms with van der Waals surface area (Å²) < 4.78 is 40.5. The maximum atomic E-state index is 12.8. The highest BCUT2D eigenvalue weighted by Crippen LogP contribution is 2.40. The Balaban J connectivity index is 2.18. The summed E-state index contributed by atoms with van der Waals surface area (Å²) in [6.07, 6.45) is -2.79. The standard InChI is InChI=1S/C13H11Cl2F3N4O/c1-19-22-11(6-2-3-6)20-21(12(22)23)10-8(14)4-7(5-9(10)15)13(16,17)18/h4-6,19H,2-3H2,1H3. The zero-order chi connectivity index (χ0) is 16.9. The Hall–Kier alpha value is -1.67. The second-order valence-corrected chi connectivity index (χ2v) is 5.99. The van der Waals surface area contributed by atoms with Crippen molar-refractivity contribution in [3.63, 3.8) is 0 Å². The number of alkyl halides is 3. The quantitative estimate of drug-likeness (QED) is 0.905. The van der Waals surface area contributed by atoms with Crippen molar-refractivity contribution in [1.82, 2.24) is 14.5 Å². The smallest absolute Gasteiger partial charge is 0.323 e. The highest BCUT2D eigenvalue weighted by Gasteiger charge is 2.34. The van der Waals surface area contributed by atoms with Gasteiger partial charge in [-0.15, -0.1) is 5.10 Å². The lowest BCUT2D eigenvalue weighted by atomic mass is 10.2. The Labute approximate surface area is 138 Å². The summed E-state index contributed by atoms with van der Waals surface area (Å²) in [5.74, 6) is 0.646. The van der Waals surface area contributed by atoms with Crippen molar-refractivity contribution in [3.05, 3.63) is 44.1 Å². The molecule has 0 amide bonds. The van der Waals surface area contributed by atoms with Crippen LogP contribution in [0.1, 0.15) is 30.1 Å². The summed E-state index contributed by atoms with van der Waals surface area (Å²) in [6.45, 7) is 0. The molecule has 124 valence electrons. The zero-order valence-electron chi connectivity index (χ0n) is 11.8. The highest BCUT2D eigenvalue weighted by molar-refractivity contribution is 6.37. The van der Waals surface area contributed by atoms with Crippen LogP contribution in [0.4, 0.5) is 13.2 Å². The minimum atomic E-state index is -4.58. The van der Waals surface area contributed by atoms with Crippen LogP contribution < -0.4 is 11.1 Å². The lowest BCUT2D eigenvalue weighted by Crippen LogP contribution is -2.29. The molecule has 1 heterocycles. The summed E-state index contributed by atoms with van der Waals surface area (Å²) in [6, 6.07) is 1.45. The molecule has 0 radical (unpaired) electrons. The van der Waals surface area contributed by atoms with Gasteiger partial charge in [-0.2, -0.15) is 22.5 Å². The molecule has 1 saturated carbocycles. The first-order chi connectivity index (χ1) is 10.7. The lowest BCUT2D eigenvalue weighted by molar-refractivity contribution is -0.137. The van der Waals surface area contributed by atoms with Gasteiger partial charge in [0.25, 0.3) is 0 Å². The molecule has 0 bridgehead atoms. The number of hydrogen-bond acceptors (Lipinski definition) is 3. The second kappa shape index (κ2) is 5.45. The average Bonchev–Trinajstić information content (AvgIpc) is 3.23. The van der Waals surface area contributed by atoms with Crippen LogP contribution in [0.15, 0.2) is 16.9 Å². The van der Waals surface area contributed by atoms with Crippen molar-refractivity contribution in [2.75, 3.05) is 12.5 Å². The fraction of sp³-hybridized carbons (Fsp3) is 0.385. The van der Waals surface area contributed by atoms with Crippen molar-refractivity contribution in [3.8, 4) is 5.69 Å². The Morgan fingerprint density at radius 2 is 1.83 bits per heavy atom. The molecule has 23 heavy (non-hydrogen) atoms. The molecule has 0 aliphatic heterocycles. The van der Waals surface area contributed by atoms with Gasteiger partial charge in [0.1, 0.15) is 5.69 Å². The largest absolute Gasteiger partial charge is 0.416 e. The van der Waals surface area contributed by atoms with Crippen LogP contribution in [0, 0.1) is 0 Å². The predicted octanol–water partition coefficient (Wildman–Crippen LogP) is 3.41. The first kappa shape index (κ1) is 16.2. The SMILES string of the molecule is CNn1c(C2CC2)nn(-c2c(Cl)cc(C(F)(F)F)cc2Cl)c1=O. The van der Waals surface area contributed by atoms with Crippen LogP contribution in [0.3, 0.4) is 0 Å². The maximum Gasteiger partial charge on any atom is 0.416 e. The molecule has 1 aromatic heterocycles. The molecule has 1 N–H and O–H groups in total. The Kier molecular flexibility index (Phi) is 3.84. The third kappa shape index (κ3) is 2.81. The van der Waals surface area contributed by atoms with Crippen LogP contribution in [0.2, 0.25) is 10.0 Å². The summed E-state index contributed by atoms with van der Waals surface area (Å²) in [7, 11) is 1.55. The van der Waals surface area contributed by atoms with E-state index in [1.54, 1.807) is 7.05 Å². The zero-order valence-corrected chi connectivity index (χ0v) is 13.3. The second-order valence-electron chi connectivity index (χ2n) is 5.17. The molecule has 1 aromatic carbocycles. The summed E-state index contributed by atoms with van der Waals surface area (Å²) >= 11 is 11.9. The summed E-state index contributed by atoms with van der Waals surface area (Å²) in [5.41, 5.74) is 1.08. The minimum absolute atomic E-state index is 0.0674. The molecule has 0 unspecified atom stereocenters. The Bertz CT molecular complexity index is 801. The number of halogens is 5. The van der Waals surface area contributed by atoms with Gasteiger partial charge in [0.15, 0.2) is 5.82 Å². The number of aromatic nitrogens is 3. The number of hydrogen-bond donors (Lipinski definition) is 1. The molecule has 1 aliphatic carbocycles. The van der Waals surface area contributed by atoms with Crippen molar-refractivity contribution in [2.24, 2.45) is 0 Å². The van der Waals surface area contributed by atoms with Crippen LogP contribution in [0.25, 0.3) is 5.69 Å². The van der Waals surface area contributed by atoms with Crippen molar-refractivity contribution in [2.45, 2.75) is 24.9 Å². The summed E-state index contributed by atoms with van der Waals surface area (Å²) in [4.78, 5) is 12.4. The topological polar surface area (TPSA) is 51.9 Å². The number of nitrogens with one attached hydrogen (secondary N) is 1. The van der Waals surface area contributed by atoms with E-state index in [1.165, 1.54) is 4.68 Å². The predicted molar refractivity (Wildman–Crippen MR) is 80.1 cm³/mol. The first-order valence-electron chi connectivity index (χ1n) is 6.70. The van der Waals surface area contributed by atoms with E-state index >= 15 is 0 Å². The van der Waals surface area contributed by atoms with Crippen molar-refractivity contribution < 1.29 is 13.2 Å². The van der Waals surface area contributed by atoms with Crippen LogP contribution in [0.5, 0.6) is 0 Å². The van der Waals surface area contributed by atoms with E-state index in [-0.39, 0.29) is 21.7 Å². The van der Waals surface area contributed by atoms with E-state index in [9.17, 15) is 18.0 Å². The van der Waals surface area contributed by atoms with Gasteiger partial charge in [0.05, 0.1) is 15.6 Å². The van der Waals surface area contributed by atoms with Gasteiger partial charge in [-0.1, -0.05) is 23.2 Å². The molecule has 10 heteroatoms. The van der Waals surface area contributed by atoms with Crippen molar-refractivity contribution in [1.29, 1.82) is 0 Å². The van der Waals surface area contributed by atoms with E-state index < -0.39 is 17.4 Å². The maximum absolute atomic E-state index is 12.8. The Morgan fingerprint density at radius 1 is 1.26 bits per heavy atom. The van der Waals surface area contributed by atoms with Gasteiger partial charge in [0, 0.05) is 13.0 Å². The van der Waals surface area contributed by atoms with Crippen molar-refractivity contribution >= 4 is 23.2 Å². The van der Waals surface area contributed by atoms with E-state index in [0.29, 0.717) is 5.82 Å². The van der Waals surface area contributed by atoms with E-state index in [1.807, 2.05) is 0 Å². The van der Waals surface area contributed by atoms with Gasteiger partial charge < -0.3 is 5.43 Å². The summed E-state index contributed by atoms with van der Waals surface area (Å²) in [5, 5.41) is 3.59. The lowest BCUT2D eigenvalue weighted by Gasteiger charge is -2.11. The Morgan fingerprint density at radius 3 is 2.26 bits per heavy atom. The van der Waals surface area contributed by atoms with E-state index in [2.05, 4.69) is 10.5 Å². The number of rotatable bonds is 3. The molecular formula is C13H11Cl2F3N4O. The fourth-order valence-corrected chi connectivity index (χ4v) is 2.92. The van der Waals surface area contributed by atoms with Gasteiger partial charge in [-0.25, -0.2) is 4.79 Å². The monoisotopic (exact) mass is 366 g/mol.